The lowest BCUT2D eigenvalue weighted by Crippen LogP contribution is -2.22. The quantitative estimate of drug-likeness (QED) is 0.898. The van der Waals surface area contributed by atoms with Gasteiger partial charge in [0.2, 0.25) is 0 Å². The number of halogens is 2. The molecule has 0 radical (unpaired) electrons. The summed E-state index contributed by atoms with van der Waals surface area (Å²) >= 11 is 5.52. The molecule has 0 aliphatic carbocycles. The molecule has 0 aromatic heterocycles. The summed E-state index contributed by atoms with van der Waals surface area (Å²) in [7, 11) is -3.29. The topological polar surface area (TPSA) is 60.2 Å². The minimum Gasteiger partial charge on any atom is -0.330 e. The summed E-state index contributed by atoms with van der Waals surface area (Å²) in [6.07, 6.45) is 0.401. The fourth-order valence-electron chi connectivity index (χ4n) is 1.42. The van der Waals surface area contributed by atoms with Gasteiger partial charge in [0.15, 0.2) is 9.84 Å². The first-order valence-corrected chi connectivity index (χ1v) is 7.31. The smallest absolute Gasteiger partial charge is 0.157 e. The highest BCUT2D eigenvalue weighted by Gasteiger charge is 2.20. The normalized spacial score (nSPS) is 13.6. The third-order valence-electron chi connectivity index (χ3n) is 2.54. The van der Waals surface area contributed by atoms with Gasteiger partial charge in [0, 0.05) is 0 Å². The van der Waals surface area contributed by atoms with E-state index in [0.717, 1.165) is 6.07 Å². The van der Waals surface area contributed by atoms with Gasteiger partial charge in [-0.2, -0.15) is 0 Å². The Balaban J connectivity index is 2.86. The van der Waals surface area contributed by atoms with Crippen molar-refractivity contribution in [3.8, 4) is 0 Å². The molecule has 0 heterocycles. The molecule has 0 amide bonds. The van der Waals surface area contributed by atoms with E-state index in [-0.39, 0.29) is 10.8 Å². The maximum absolute atomic E-state index is 13.2. The van der Waals surface area contributed by atoms with Crippen molar-refractivity contribution < 1.29 is 12.8 Å². The minimum atomic E-state index is -3.29. The van der Waals surface area contributed by atoms with Crippen LogP contribution in [0.2, 0.25) is 5.02 Å². The van der Waals surface area contributed by atoms with Crippen LogP contribution in [0.4, 0.5) is 4.39 Å². The molecule has 96 valence electrons. The average Bonchev–Trinajstić information content (AvgIpc) is 2.23. The Morgan fingerprint density at radius 2 is 2.12 bits per heavy atom. The number of sulfone groups is 1. The Morgan fingerprint density at radius 3 is 2.65 bits per heavy atom. The summed E-state index contributed by atoms with van der Waals surface area (Å²) in [5.41, 5.74) is 5.72. The Hall–Kier alpha value is -0.650. The van der Waals surface area contributed by atoms with Gasteiger partial charge in [0.1, 0.15) is 5.82 Å². The van der Waals surface area contributed by atoms with Gasteiger partial charge in [-0.3, -0.25) is 0 Å². The van der Waals surface area contributed by atoms with Crippen LogP contribution in [-0.4, -0.2) is 20.2 Å². The monoisotopic (exact) mass is 279 g/mol. The van der Waals surface area contributed by atoms with Crippen LogP contribution in [0.1, 0.15) is 18.9 Å². The van der Waals surface area contributed by atoms with Crippen molar-refractivity contribution in [2.24, 2.45) is 5.73 Å². The van der Waals surface area contributed by atoms with Gasteiger partial charge in [-0.15, -0.1) is 0 Å². The van der Waals surface area contributed by atoms with Gasteiger partial charge in [0.05, 0.1) is 16.0 Å². The Morgan fingerprint density at radius 1 is 1.47 bits per heavy atom. The Labute approximate surface area is 106 Å². The molecular formula is C11H15ClFNO2S. The van der Waals surface area contributed by atoms with E-state index in [1.165, 1.54) is 12.1 Å². The van der Waals surface area contributed by atoms with E-state index in [4.69, 9.17) is 17.3 Å². The summed E-state index contributed by atoms with van der Waals surface area (Å²) in [6, 6.07) is 4.02. The van der Waals surface area contributed by atoms with Crippen molar-refractivity contribution in [2.75, 3.05) is 6.54 Å². The zero-order chi connectivity index (χ0) is 13.1. The summed E-state index contributed by atoms with van der Waals surface area (Å²) in [5.74, 6) is -0.798. The average molecular weight is 280 g/mol. The lowest BCUT2D eigenvalue weighted by molar-refractivity contribution is 0.577. The second-order valence-corrected chi connectivity index (χ2v) is 6.77. The standard InChI is InChI=1S/C11H15ClFNO2S/c1-8(4-5-14)17(15,16)7-9-2-3-10(12)11(13)6-9/h2-3,6,8H,4-5,7,14H2,1H3. The molecule has 0 bridgehead atoms. The molecule has 6 heteroatoms. The summed E-state index contributed by atoms with van der Waals surface area (Å²) in [5, 5.41) is -0.535. The molecule has 3 nitrogen and oxygen atoms in total. The minimum absolute atomic E-state index is 0.0128. The van der Waals surface area contributed by atoms with E-state index in [1.54, 1.807) is 6.92 Å². The highest BCUT2D eigenvalue weighted by Crippen LogP contribution is 2.19. The first kappa shape index (κ1) is 14.4. The number of nitrogens with two attached hydrogens (primary N) is 1. The van der Waals surface area contributed by atoms with Gasteiger partial charge in [-0.25, -0.2) is 12.8 Å². The highest BCUT2D eigenvalue weighted by molar-refractivity contribution is 7.91. The largest absolute Gasteiger partial charge is 0.330 e. The van der Waals surface area contributed by atoms with Crippen LogP contribution in [-0.2, 0) is 15.6 Å². The molecule has 0 fully saturated rings. The molecule has 0 aliphatic heterocycles. The Bertz CT molecular complexity index is 490. The van der Waals surface area contributed by atoms with Crippen molar-refractivity contribution in [3.05, 3.63) is 34.6 Å². The first-order valence-electron chi connectivity index (χ1n) is 5.22. The summed E-state index contributed by atoms with van der Waals surface area (Å²) in [6.45, 7) is 1.92. The number of hydrogen-bond acceptors (Lipinski definition) is 3. The molecule has 1 unspecified atom stereocenters. The third kappa shape index (κ3) is 3.94. The maximum atomic E-state index is 13.2. The lowest BCUT2D eigenvalue weighted by Gasteiger charge is -2.11. The summed E-state index contributed by atoms with van der Waals surface area (Å²) in [4.78, 5) is 0. The van der Waals surface area contributed by atoms with Crippen LogP contribution >= 0.6 is 11.6 Å². The van der Waals surface area contributed by atoms with Crippen LogP contribution < -0.4 is 5.73 Å². The van der Waals surface area contributed by atoms with Crippen LogP contribution in [0.25, 0.3) is 0 Å². The zero-order valence-electron chi connectivity index (χ0n) is 9.49. The Kier molecular flexibility index (Phi) is 4.91. The number of rotatable bonds is 5. The van der Waals surface area contributed by atoms with Crippen molar-refractivity contribution in [3.63, 3.8) is 0 Å². The van der Waals surface area contributed by atoms with E-state index in [2.05, 4.69) is 0 Å². The predicted molar refractivity (Wildman–Crippen MR) is 67.2 cm³/mol. The van der Waals surface area contributed by atoms with Crippen LogP contribution in [0, 0.1) is 5.82 Å². The molecule has 0 saturated heterocycles. The molecule has 1 rings (SSSR count). The zero-order valence-corrected chi connectivity index (χ0v) is 11.1. The predicted octanol–water partition coefficient (Wildman–Crippen LogP) is 2.13. The van der Waals surface area contributed by atoms with E-state index in [1.807, 2.05) is 0 Å². The van der Waals surface area contributed by atoms with Crippen molar-refractivity contribution in [1.29, 1.82) is 0 Å². The van der Waals surface area contributed by atoms with E-state index >= 15 is 0 Å². The summed E-state index contributed by atoms with van der Waals surface area (Å²) < 4.78 is 36.9. The SMILES string of the molecule is CC(CCN)S(=O)(=O)Cc1ccc(Cl)c(F)c1. The molecule has 1 aromatic rings. The van der Waals surface area contributed by atoms with E-state index in [9.17, 15) is 12.8 Å². The van der Waals surface area contributed by atoms with Gasteiger partial charge in [0.25, 0.3) is 0 Å². The fraction of sp³-hybridized carbons (Fsp3) is 0.455. The number of hydrogen-bond donors (Lipinski definition) is 1. The molecular weight excluding hydrogens is 265 g/mol. The van der Waals surface area contributed by atoms with Gasteiger partial charge < -0.3 is 5.73 Å². The molecule has 1 atom stereocenters. The lowest BCUT2D eigenvalue weighted by atomic mass is 10.2. The number of benzene rings is 1. The van der Waals surface area contributed by atoms with Gasteiger partial charge in [-0.1, -0.05) is 17.7 Å². The second-order valence-electron chi connectivity index (χ2n) is 3.94. The molecule has 2 N–H and O–H groups in total. The van der Waals surface area contributed by atoms with Gasteiger partial charge in [-0.05, 0) is 37.6 Å². The molecule has 1 aromatic carbocycles. The van der Waals surface area contributed by atoms with E-state index < -0.39 is 20.9 Å². The fourth-order valence-corrected chi connectivity index (χ4v) is 2.96. The van der Waals surface area contributed by atoms with Crippen molar-refractivity contribution >= 4 is 21.4 Å². The van der Waals surface area contributed by atoms with Crippen LogP contribution in [0.15, 0.2) is 18.2 Å². The molecule has 0 spiro atoms. The highest BCUT2D eigenvalue weighted by atomic mass is 35.5. The van der Waals surface area contributed by atoms with Crippen LogP contribution in [0.3, 0.4) is 0 Å². The molecule has 0 aliphatic rings. The molecule has 17 heavy (non-hydrogen) atoms. The first-order chi connectivity index (χ1) is 7.86. The van der Waals surface area contributed by atoms with Gasteiger partial charge >= 0.3 is 0 Å². The molecule has 0 saturated carbocycles. The van der Waals surface area contributed by atoms with Crippen LogP contribution in [0.5, 0.6) is 0 Å². The third-order valence-corrected chi connectivity index (χ3v) is 5.04. The second kappa shape index (κ2) is 5.80. The maximum Gasteiger partial charge on any atom is 0.157 e. The van der Waals surface area contributed by atoms with Crippen molar-refractivity contribution in [1.82, 2.24) is 0 Å². The van der Waals surface area contributed by atoms with Crippen molar-refractivity contribution in [2.45, 2.75) is 24.3 Å². The van der Waals surface area contributed by atoms with E-state index in [0.29, 0.717) is 18.5 Å².